The first-order chi connectivity index (χ1) is 26.0. The van der Waals surface area contributed by atoms with Crippen LogP contribution in [-0.4, -0.2) is 110 Å². The van der Waals surface area contributed by atoms with Gasteiger partial charge in [-0.2, -0.15) is 0 Å². The van der Waals surface area contributed by atoms with E-state index in [1.54, 1.807) is 11.9 Å². The molecule has 8 atom stereocenters. The smallest absolute Gasteiger partial charge is 0.245 e. The molecule has 7 rings (SSSR count). The topological polar surface area (TPSA) is 207 Å². The molecule has 4 bridgehead atoms. The summed E-state index contributed by atoms with van der Waals surface area (Å²) < 4.78 is 12.8. The maximum absolute atomic E-state index is 14.3. The summed E-state index contributed by atoms with van der Waals surface area (Å²) in [6, 6.07) is -4.23. The predicted molar refractivity (Wildman–Crippen MR) is 202 cm³/mol. The monoisotopic (exact) mass is 758 g/mol. The Balaban J connectivity index is 1.31. The van der Waals surface area contributed by atoms with Gasteiger partial charge in [-0.1, -0.05) is 46.0 Å². The van der Waals surface area contributed by atoms with Crippen LogP contribution in [0, 0.1) is 35.0 Å². The standard InChI is InChI=1S/C40H67N7O7/c1-4-9-32-37(50)46-34(26-10-7-5-6-8-11-26)38(51)43-29(20-42)35(48)45-31(22-53-27-14-24(15-27)19-41)36(49)44-30-21-54-33(23(2)39(52)47(32)3)16-25-17-40(18-25)13-12-28(30)40/h23-34H,4-22,41-42H2,1-3H3,(H,43,51)(H,44,49)(H,45,48)(H,46,50)/t23-,24-,25?,27-,28?,29+,30+,31+,32+,33-,34+,40?/m1/s1. The first kappa shape index (κ1) is 40.8. The van der Waals surface area contributed by atoms with Crippen molar-refractivity contribution in [2.75, 3.05) is 33.4 Å². The van der Waals surface area contributed by atoms with Crippen LogP contribution >= 0.6 is 0 Å². The van der Waals surface area contributed by atoms with E-state index in [1.165, 1.54) is 0 Å². The molecule has 7 aliphatic rings. The van der Waals surface area contributed by atoms with E-state index in [4.69, 9.17) is 20.9 Å². The minimum atomic E-state index is -1.15. The molecule has 3 saturated heterocycles. The molecule has 4 saturated carbocycles. The molecular weight excluding hydrogens is 690 g/mol. The van der Waals surface area contributed by atoms with Gasteiger partial charge in [0.05, 0.1) is 37.4 Å². The Hall–Kier alpha value is -2.81. The van der Waals surface area contributed by atoms with Crippen molar-refractivity contribution < 1.29 is 33.4 Å². The van der Waals surface area contributed by atoms with Crippen LogP contribution in [0.25, 0.3) is 0 Å². The minimum absolute atomic E-state index is 0.0453. The van der Waals surface area contributed by atoms with Crippen LogP contribution in [0.2, 0.25) is 0 Å². The van der Waals surface area contributed by atoms with Crippen molar-refractivity contribution in [3.05, 3.63) is 0 Å². The van der Waals surface area contributed by atoms with Crippen LogP contribution in [0.3, 0.4) is 0 Å². The van der Waals surface area contributed by atoms with Crippen molar-refractivity contribution in [2.45, 2.75) is 153 Å². The summed E-state index contributed by atoms with van der Waals surface area (Å²) in [6.45, 7) is 4.41. The molecule has 4 aliphatic carbocycles. The number of hydrogen-bond acceptors (Lipinski definition) is 9. The van der Waals surface area contributed by atoms with Crippen LogP contribution in [0.4, 0.5) is 0 Å². The number of ether oxygens (including phenoxy) is 2. The molecule has 8 N–H and O–H groups in total. The highest BCUT2D eigenvalue weighted by Crippen LogP contribution is 2.64. The van der Waals surface area contributed by atoms with E-state index in [-0.39, 0.29) is 66.9 Å². The van der Waals surface area contributed by atoms with Crippen molar-refractivity contribution in [2.24, 2.45) is 46.5 Å². The fraction of sp³-hybridized carbons (Fsp3) is 0.875. The summed E-state index contributed by atoms with van der Waals surface area (Å²) in [5.74, 6) is -1.69. The van der Waals surface area contributed by atoms with Gasteiger partial charge in [-0.15, -0.1) is 0 Å². The van der Waals surface area contributed by atoms with Gasteiger partial charge < -0.3 is 47.1 Å². The van der Waals surface area contributed by atoms with E-state index in [0.717, 1.165) is 83.5 Å². The van der Waals surface area contributed by atoms with Crippen molar-refractivity contribution in [1.82, 2.24) is 26.2 Å². The van der Waals surface area contributed by atoms with E-state index in [9.17, 15) is 24.0 Å². The Morgan fingerprint density at radius 2 is 1.52 bits per heavy atom. The lowest BCUT2D eigenvalue weighted by Crippen LogP contribution is -2.63. The highest BCUT2D eigenvalue weighted by atomic mass is 16.5. The molecule has 0 aromatic rings. The first-order valence-electron chi connectivity index (χ1n) is 21.1. The number of nitrogens with two attached hydrogens (primary N) is 2. The second-order valence-electron chi connectivity index (χ2n) is 17.7. The van der Waals surface area contributed by atoms with Gasteiger partial charge in [0.15, 0.2) is 0 Å². The lowest BCUT2D eigenvalue weighted by atomic mass is 9.44. The third kappa shape index (κ3) is 8.92. The molecule has 14 heteroatoms. The number of nitrogens with zero attached hydrogens (tertiary/aromatic N) is 1. The molecule has 5 amide bonds. The summed E-state index contributed by atoms with van der Waals surface area (Å²) >= 11 is 0. The van der Waals surface area contributed by atoms with Gasteiger partial charge in [-0.25, -0.2) is 0 Å². The van der Waals surface area contributed by atoms with Gasteiger partial charge in [0.1, 0.15) is 24.2 Å². The molecule has 7 fully saturated rings. The van der Waals surface area contributed by atoms with E-state index in [0.29, 0.717) is 31.2 Å². The first-order valence-corrected chi connectivity index (χ1v) is 21.1. The van der Waals surface area contributed by atoms with Gasteiger partial charge in [0.25, 0.3) is 0 Å². The molecule has 14 nitrogen and oxygen atoms in total. The number of carbonyl (C=O) groups is 5. The number of amides is 5. The molecule has 0 radical (unpaired) electrons. The number of rotatable bonds is 8. The maximum Gasteiger partial charge on any atom is 0.245 e. The largest absolute Gasteiger partial charge is 0.376 e. The second kappa shape index (κ2) is 18.0. The third-order valence-electron chi connectivity index (χ3n) is 14.1. The number of carbonyl (C=O) groups excluding carboxylic acids is 5. The Bertz CT molecular complexity index is 1350. The minimum Gasteiger partial charge on any atom is -0.376 e. The fourth-order valence-electron chi connectivity index (χ4n) is 10.5. The van der Waals surface area contributed by atoms with Crippen LogP contribution in [0.15, 0.2) is 0 Å². The highest BCUT2D eigenvalue weighted by Gasteiger charge is 2.59. The lowest BCUT2D eigenvalue weighted by molar-refractivity contribution is -0.147. The van der Waals surface area contributed by atoms with Crippen LogP contribution < -0.4 is 32.7 Å². The Kier molecular flexibility index (Phi) is 13.6. The van der Waals surface area contributed by atoms with Gasteiger partial charge in [0, 0.05) is 13.6 Å². The SMILES string of the molecule is CCC[C@H]1C(=O)N[C@@H](C2CCCCCC2)C(=O)N[C@@H](CN)C(=O)N[C@@H](CO[C@H]2C[C@H](CN)C2)C(=O)N[C@H]2CO[C@H](CC3CC4(CCC24)C3)[C@@H](C)C(=O)N1C. The van der Waals surface area contributed by atoms with Crippen molar-refractivity contribution in [3.8, 4) is 0 Å². The van der Waals surface area contributed by atoms with E-state index >= 15 is 0 Å². The van der Waals surface area contributed by atoms with Crippen LogP contribution in [0.1, 0.15) is 110 Å². The molecule has 54 heavy (non-hydrogen) atoms. The maximum atomic E-state index is 14.3. The fourth-order valence-corrected chi connectivity index (χ4v) is 10.5. The van der Waals surface area contributed by atoms with Gasteiger partial charge in [-0.05, 0) is 99.8 Å². The zero-order chi connectivity index (χ0) is 38.6. The molecule has 0 aromatic carbocycles. The average molecular weight is 758 g/mol. The summed E-state index contributed by atoms with van der Waals surface area (Å²) in [5, 5.41) is 12.0. The number of hydrogen-bond donors (Lipinski definition) is 6. The van der Waals surface area contributed by atoms with E-state index < -0.39 is 48.0 Å². The van der Waals surface area contributed by atoms with Crippen molar-refractivity contribution in [3.63, 3.8) is 0 Å². The molecule has 1 spiro atoms. The normalized spacial score (nSPS) is 40.2. The zero-order valence-corrected chi connectivity index (χ0v) is 32.8. The molecule has 304 valence electrons. The predicted octanol–water partition coefficient (Wildman–Crippen LogP) is 1.48. The van der Waals surface area contributed by atoms with Gasteiger partial charge >= 0.3 is 0 Å². The Morgan fingerprint density at radius 3 is 2.15 bits per heavy atom. The van der Waals surface area contributed by atoms with Gasteiger partial charge in [-0.3, -0.25) is 24.0 Å². The summed E-state index contributed by atoms with van der Waals surface area (Å²) in [7, 11) is 1.68. The zero-order valence-electron chi connectivity index (χ0n) is 32.8. The summed E-state index contributed by atoms with van der Waals surface area (Å²) in [5.41, 5.74) is 12.1. The second-order valence-corrected chi connectivity index (χ2v) is 17.7. The number of nitrogens with one attached hydrogen (secondary N) is 4. The Morgan fingerprint density at radius 1 is 0.833 bits per heavy atom. The molecule has 3 aliphatic heterocycles. The quantitative estimate of drug-likeness (QED) is 0.198. The molecule has 1 unspecified atom stereocenters. The van der Waals surface area contributed by atoms with Crippen LogP contribution in [-0.2, 0) is 33.4 Å². The summed E-state index contributed by atoms with van der Waals surface area (Å²) in [6.07, 6.45) is 12.5. The van der Waals surface area contributed by atoms with Gasteiger partial charge in [0.2, 0.25) is 29.5 Å². The van der Waals surface area contributed by atoms with Crippen LogP contribution in [0.5, 0.6) is 0 Å². The summed E-state index contributed by atoms with van der Waals surface area (Å²) in [4.78, 5) is 72.4. The Labute approximate surface area is 321 Å². The van der Waals surface area contributed by atoms with Crippen molar-refractivity contribution in [1.29, 1.82) is 0 Å². The molecule has 3 heterocycles. The highest BCUT2D eigenvalue weighted by molar-refractivity contribution is 5.96. The molecular formula is C40H67N7O7. The third-order valence-corrected chi connectivity index (χ3v) is 14.1. The average Bonchev–Trinajstić information content (AvgIpc) is 3.37. The van der Waals surface area contributed by atoms with E-state index in [2.05, 4.69) is 21.3 Å². The lowest BCUT2D eigenvalue weighted by Gasteiger charge is -2.61. The molecule has 0 aromatic heterocycles. The van der Waals surface area contributed by atoms with E-state index in [1.807, 2.05) is 13.8 Å². The number of likely N-dealkylation sites (N-methyl/N-ethyl adjacent to an activating group) is 1. The van der Waals surface area contributed by atoms with Crippen molar-refractivity contribution >= 4 is 29.5 Å².